The Morgan fingerprint density at radius 3 is 2.41 bits per heavy atom. The second kappa shape index (κ2) is 3.87. The number of carbonyl (C=O) groups is 1. The summed E-state index contributed by atoms with van der Waals surface area (Å²) in [6.07, 6.45) is 0.653. The number of hydrazone groups is 1. The first kappa shape index (κ1) is 11.6. The van der Waals surface area contributed by atoms with E-state index in [4.69, 9.17) is 5.73 Å². The zero-order chi connectivity index (χ0) is 12.6. The van der Waals surface area contributed by atoms with Crippen molar-refractivity contribution in [3.8, 4) is 0 Å². The topological polar surface area (TPSA) is 58.7 Å². The number of anilines is 1. The fourth-order valence-corrected chi connectivity index (χ4v) is 2.03. The molecule has 17 heavy (non-hydrogen) atoms. The lowest BCUT2D eigenvalue weighted by Gasteiger charge is -2.32. The van der Waals surface area contributed by atoms with Gasteiger partial charge in [-0.25, -0.2) is 5.01 Å². The van der Waals surface area contributed by atoms with E-state index in [0.717, 1.165) is 17.0 Å². The van der Waals surface area contributed by atoms with E-state index in [9.17, 15) is 4.79 Å². The van der Waals surface area contributed by atoms with Gasteiger partial charge in [0.05, 0.1) is 11.1 Å². The summed E-state index contributed by atoms with van der Waals surface area (Å²) >= 11 is 0. The van der Waals surface area contributed by atoms with E-state index in [1.807, 2.05) is 38.1 Å². The van der Waals surface area contributed by atoms with Crippen molar-refractivity contribution in [3.05, 3.63) is 29.8 Å². The van der Waals surface area contributed by atoms with Gasteiger partial charge < -0.3 is 5.73 Å². The summed E-state index contributed by atoms with van der Waals surface area (Å²) in [6, 6.07) is 7.57. The van der Waals surface area contributed by atoms with E-state index in [-0.39, 0.29) is 5.91 Å². The molecule has 2 rings (SSSR count). The van der Waals surface area contributed by atoms with Crippen molar-refractivity contribution in [2.75, 3.05) is 12.8 Å². The molecular formula is C13H17N3O. The molecule has 0 saturated heterocycles. The van der Waals surface area contributed by atoms with Crippen LogP contribution in [0, 0.1) is 5.41 Å². The van der Waals surface area contributed by atoms with Crippen molar-refractivity contribution in [1.82, 2.24) is 5.01 Å². The predicted molar refractivity (Wildman–Crippen MR) is 68.6 cm³/mol. The third kappa shape index (κ3) is 2.16. The van der Waals surface area contributed by atoms with Gasteiger partial charge in [-0.3, -0.25) is 4.79 Å². The van der Waals surface area contributed by atoms with Crippen LogP contribution < -0.4 is 5.73 Å². The summed E-state index contributed by atoms with van der Waals surface area (Å²) in [4.78, 5) is 11.9. The Balaban J connectivity index is 2.37. The Bertz CT molecular complexity index is 474. The number of hydrogen-bond acceptors (Lipinski definition) is 3. The van der Waals surface area contributed by atoms with Crippen molar-refractivity contribution >= 4 is 17.3 Å². The van der Waals surface area contributed by atoms with Crippen LogP contribution in [0.15, 0.2) is 29.4 Å². The van der Waals surface area contributed by atoms with E-state index in [1.165, 1.54) is 5.01 Å². The first-order chi connectivity index (χ1) is 7.90. The molecule has 2 N–H and O–H groups in total. The largest absolute Gasteiger partial charge is 0.399 e. The van der Waals surface area contributed by atoms with Crippen LogP contribution in [0.3, 0.4) is 0 Å². The molecule has 90 valence electrons. The van der Waals surface area contributed by atoms with Gasteiger partial charge in [-0.1, -0.05) is 26.0 Å². The monoisotopic (exact) mass is 231 g/mol. The predicted octanol–water partition coefficient (Wildman–Crippen LogP) is 1.86. The fourth-order valence-electron chi connectivity index (χ4n) is 2.03. The molecule has 0 saturated carbocycles. The smallest absolute Gasteiger partial charge is 0.248 e. The van der Waals surface area contributed by atoms with E-state index >= 15 is 0 Å². The summed E-state index contributed by atoms with van der Waals surface area (Å²) in [5.74, 6) is 0.0525. The molecule has 0 radical (unpaired) electrons. The number of rotatable bonds is 1. The average molecular weight is 231 g/mol. The first-order valence-electron chi connectivity index (χ1n) is 5.62. The van der Waals surface area contributed by atoms with Gasteiger partial charge >= 0.3 is 0 Å². The Morgan fingerprint density at radius 2 is 1.88 bits per heavy atom. The number of benzene rings is 1. The van der Waals surface area contributed by atoms with Crippen LogP contribution in [0.5, 0.6) is 0 Å². The summed E-state index contributed by atoms with van der Waals surface area (Å²) in [5.41, 5.74) is 7.94. The fraction of sp³-hybridized carbons (Fsp3) is 0.385. The third-order valence-corrected chi connectivity index (χ3v) is 3.00. The summed E-state index contributed by atoms with van der Waals surface area (Å²) in [7, 11) is 1.69. The van der Waals surface area contributed by atoms with Crippen LogP contribution in [0.4, 0.5) is 5.69 Å². The van der Waals surface area contributed by atoms with Crippen molar-refractivity contribution in [2.45, 2.75) is 20.3 Å². The van der Waals surface area contributed by atoms with Crippen molar-refractivity contribution in [1.29, 1.82) is 0 Å². The molecular weight excluding hydrogens is 214 g/mol. The Morgan fingerprint density at radius 1 is 1.29 bits per heavy atom. The minimum Gasteiger partial charge on any atom is -0.399 e. The molecule has 0 atom stereocenters. The second-order valence-electron chi connectivity index (χ2n) is 5.06. The normalized spacial score (nSPS) is 19.1. The van der Waals surface area contributed by atoms with Gasteiger partial charge in [0.25, 0.3) is 0 Å². The number of carbonyl (C=O) groups excluding carboxylic acids is 1. The van der Waals surface area contributed by atoms with Crippen LogP contribution in [0.1, 0.15) is 25.8 Å². The van der Waals surface area contributed by atoms with Crippen LogP contribution >= 0.6 is 0 Å². The molecule has 1 aliphatic heterocycles. The molecule has 0 aromatic heterocycles. The SMILES string of the molecule is CN1N=C(c2ccc(N)cc2)CC(C)(C)C1=O. The molecule has 0 fully saturated rings. The maximum absolute atomic E-state index is 11.9. The van der Waals surface area contributed by atoms with Gasteiger partial charge in [-0.05, 0) is 17.7 Å². The molecule has 1 aromatic rings. The van der Waals surface area contributed by atoms with E-state index < -0.39 is 5.41 Å². The highest BCUT2D eigenvalue weighted by atomic mass is 16.2. The highest BCUT2D eigenvalue weighted by Crippen LogP contribution is 2.30. The molecule has 0 bridgehead atoms. The van der Waals surface area contributed by atoms with Crippen LogP contribution in [0.25, 0.3) is 0 Å². The van der Waals surface area contributed by atoms with Crippen molar-refractivity contribution in [2.24, 2.45) is 10.5 Å². The molecule has 0 spiro atoms. The molecule has 1 aliphatic rings. The quantitative estimate of drug-likeness (QED) is 0.750. The Labute approximate surface area is 101 Å². The molecule has 1 heterocycles. The molecule has 0 aliphatic carbocycles. The summed E-state index contributed by atoms with van der Waals surface area (Å²) in [6.45, 7) is 3.88. The lowest BCUT2D eigenvalue weighted by molar-refractivity contribution is -0.139. The van der Waals surface area contributed by atoms with Crippen LogP contribution in [-0.2, 0) is 4.79 Å². The highest BCUT2D eigenvalue weighted by molar-refractivity contribution is 6.05. The number of nitrogens with two attached hydrogens (primary N) is 1. The molecule has 1 aromatic carbocycles. The van der Waals surface area contributed by atoms with E-state index in [1.54, 1.807) is 7.05 Å². The van der Waals surface area contributed by atoms with Crippen molar-refractivity contribution < 1.29 is 4.79 Å². The molecule has 1 amide bonds. The zero-order valence-corrected chi connectivity index (χ0v) is 10.4. The van der Waals surface area contributed by atoms with Crippen molar-refractivity contribution in [3.63, 3.8) is 0 Å². The van der Waals surface area contributed by atoms with Crippen LogP contribution in [-0.4, -0.2) is 23.7 Å². The summed E-state index contributed by atoms with van der Waals surface area (Å²) < 4.78 is 0. The van der Waals surface area contributed by atoms with Gasteiger partial charge in [-0.15, -0.1) is 0 Å². The number of nitrogens with zero attached hydrogens (tertiary/aromatic N) is 2. The second-order valence-corrected chi connectivity index (χ2v) is 5.06. The Kier molecular flexibility index (Phi) is 2.65. The van der Waals surface area contributed by atoms with E-state index in [2.05, 4.69) is 5.10 Å². The molecule has 4 nitrogen and oxygen atoms in total. The highest BCUT2D eigenvalue weighted by Gasteiger charge is 2.36. The van der Waals surface area contributed by atoms with Gasteiger partial charge in [0.15, 0.2) is 0 Å². The number of nitrogen functional groups attached to an aromatic ring is 1. The number of amides is 1. The maximum Gasteiger partial charge on any atom is 0.248 e. The lowest BCUT2D eigenvalue weighted by Crippen LogP contribution is -2.42. The van der Waals surface area contributed by atoms with Gasteiger partial charge in [0.1, 0.15) is 0 Å². The van der Waals surface area contributed by atoms with Gasteiger partial charge in [-0.2, -0.15) is 5.10 Å². The minimum absolute atomic E-state index is 0.0525. The third-order valence-electron chi connectivity index (χ3n) is 3.00. The van der Waals surface area contributed by atoms with E-state index in [0.29, 0.717) is 6.42 Å². The maximum atomic E-state index is 11.9. The lowest BCUT2D eigenvalue weighted by atomic mass is 9.83. The molecule has 4 heteroatoms. The average Bonchev–Trinajstić information content (AvgIpc) is 2.26. The Hall–Kier alpha value is -1.84. The number of hydrogen-bond donors (Lipinski definition) is 1. The van der Waals surface area contributed by atoms with Gasteiger partial charge in [0, 0.05) is 19.2 Å². The van der Waals surface area contributed by atoms with Gasteiger partial charge in [0.2, 0.25) is 5.91 Å². The molecule has 0 unspecified atom stereocenters. The summed E-state index contributed by atoms with van der Waals surface area (Å²) in [5, 5.41) is 5.74. The zero-order valence-electron chi connectivity index (χ0n) is 10.4. The van der Waals surface area contributed by atoms with Crippen LogP contribution in [0.2, 0.25) is 0 Å². The first-order valence-corrected chi connectivity index (χ1v) is 5.62. The standard InChI is InChI=1S/C13H17N3O/c1-13(2)8-11(15-16(3)12(13)17)9-4-6-10(14)7-5-9/h4-7H,8,14H2,1-3H3. The minimum atomic E-state index is -0.396.